The number of phosphoric acid groups is 1. The molecule has 0 radical (unpaired) electrons. The molecular formula is C34H41O9P. The van der Waals surface area contributed by atoms with Gasteiger partial charge in [0.25, 0.3) is 0 Å². The lowest BCUT2D eigenvalue weighted by Gasteiger charge is -2.22. The minimum absolute atomic E-state index is 0.194. The number of rotatable bonds is 10. The molecule has 9 nitrogen and oxygen atoms in total. The van der Waals surface area contributed by atoms with Crippen LogP contribution in [0.25, 0.3) is 21.5 Å². The summed E-state index contributed by atoms with van der Waals surface area (Å²) in [4.78, 5) is 23.3. The predicted octanol–water partition coefficient (Wildman–Crippen LogP) is 8.81. The molecule has 0 aliphatic carbocycles. The molecule has 1 N–H and O–H groups in total. The number of carbonyl (C=O) groups is 2. The highest BCUT2D eigenvalue weighted by atomic mass is 31.2. The molecule has 0 aromatic heterocycles. The normalized spacial score (nSPS) is 11.2. The second-order valence-corrected chi connectivity index (χ2v) is 11.5. The van der Waals surface area contributed by atoms with Crippen LogP contribution in [0.5, 0.6) is 23.0 Å². The van der Waals surface area contributed by atoms with E-state index >= 15 is 0 Å². The fraction of sp³-hybridized carbons (Fsp3) is 0.353. The third kappa shape index (κ3) is 7.59. The molecule has 4 aromatic carbocycles. The quantitative estimate of drug-likeness (QED) is 0.105. The van der Waals surface area contributed by atoms with Gasteiger partial charge < -0.3 is 19.1 Å². The summed E-state index contributed by atoms with van der Waals surface area (Å²) in [7, 11) is -3.75. The number of phenolic OH excluding ortho intramolecular Hbond substituents is 1. The number of phosphoric ester groups is 1. The van der Waals surface area contributed by atoms with Gasteiger partial charge in [-0.2, -0.15) is 0 Å². The van der Waals surface area contributed by atoms with E-state index in [0.29, 0.717) is 45.4 Å². The lowest BCUT2D eigenvalue weighted by atomic mass is 9.99. The van der Waals surface area contributed by atoms with E-state index in [-0.39, 0.29) is 37.3 Å². The average Bonchev–Trinajstić information content (AvgIpc) is 3.02. The summed E-state index contributed by atoms with van der Waals surface area (Å²) < 4.78 is 40.1. The van der Waals surface area contributed by atoms with Crippen LogP contribution >= 0.6 is 7.82 Å². The molecule has 0 fully saturated rings. The van der Waals surface area contributed by atoms with Crippen molar-refractivity contribution in [3.63, 3.8) is 0 Å². The highest BCUT2D eigenvalue weighted by molar-refractivity contribution is 7.49. The molecule has 44 heavy (non-hydrogen) atoms. The first-order chi connectivity index (χ1) is 20.9. The Hall–Kier alpha value is -3.91. The maximum absolute atomic E-state index is 12.8. The highest BCUT2D eigenvalue weighted by Crippen LogP contribution is 2.53. The van der Waals surface area contributed by atoms with E-state index in [9.17, 15) is 19.3 Å². The average molecular weight is 625 g/mol. The third-order valence-electron chi connectivity index (χ3n) is 7.13. The number of esters is 2. The minimum Gasteiger partial charge on any atom is -0.507 e. The Bertz CT molecular complexity index is 1700. The van der Waals surface area contributed by atoms with Crippen molar-refractivity contribution in [2.75, 3.05) is 13.2 Å². The van der Waals surface area contributed by atoms with E-state index in [1.54, 1.807) is 27.7 Å². The van der Waals surface area contributed by atoms with Gasteiger partial charge in [0.05, 0.1) is 13.2 Å². The fourth-order valence-corrected chi connectivity index (χ4v) is 5.81. The predicted molar refractivity (Wildman–Crippen MR) is 172 cm³/mol. The molecule has 0 saturated heterocycles. The molecule has 0 bridgehead atoms. The van der Waals surface area contributed by atoms with Crippen molar-refractivity contribution < 1.29 is 42.3 Å². The summed E-state index contributed by atoms with van der Waals surface area (Å²) >= 11 is 0. The van der Waals surface area contributed by atoms with Crippen LogP contribution in [-0.2, 0) is 23.2 Å². The molecule has 0 heterocycles. The standard InChI is InChI=1S/C19H25O6P.C15H16O3/c1-6-17(20)24-18-13(4)14(5)19(16-12-10-9-11-15(16)18)25-26(21,22-7-2)23-8-3;1-4-13(16)18-15-10(3)9(2)14(17)11-7-5-6-8-12(11)15/h9-12H,6-8H2,1-5H3;5-8,17H,4H2,1-3H3. The van der Waals surface area contributed by atoms with Gasteiger partial charge in [-0.05, 0) is 63.8 Å². The first kappa shape index (κ1) is 34.6. The molecule has 4 rings (SSSR count). The Labute approximate surface area is 258 Å². The number of ether oxygens (including phenoxy) is 2. The molecular weight excluding hydrogens is 583 g/mol. The first-order valence-electron chi connectivity index (χ1n) is 14.7. The second-order valence-electron chi connectivity index (χ2n) is 9.96. The van der Waals surface area contributed by atoms with Gasteiger partial charge in [0, 0.05) is 34.4 Å². The highest BCUT2D eigenvalue weighted by Gasteiger charge is 2.30. The SMILES string of the molecule is CCC(=O)Oc1c(C)c(C)c(O)c2ccccc12.CCOP(=O)(OCC)Oc1c(C)c(C)c(OC(=O)CC)c2ccccc12. The van der Waals surface area contributed by atoms with Crippen LogP contribution in [0.15, 0.2) is 48.5 Å². The van der Waals surface area contributed by atoms with Crippen LogP contribution in [0.2, 0.25) is 0 Å². The second kappa shape index (κ2) is 15.2. The van der Waals surface area contributed by atoms with E-state index < -0.39 is 7.82 Å². The topological polar surface area (TPSA) is 118 Å². The van der Waals surface area contributed by atoms with Crippen LogP contribution in [0.4, 0.5) is 0 Å². The molecule has 236 valence electrons. The summed E-state index contributed by atoms with van der Waals surface area (Å²) in [5.74, 6) is 1.10. The Morgan fingerprint density at radius 2 is 0.977 bits per heavy atom. The number of phenols is 1. The summed E-state index contributed by atoms with van der Waals surface area (Å²) in [6, 6.07) is 14.7. The van der Waals surface area contributed by atoms with Crippen LogP contribution in [0.3, 0.4) is 0 Å². The Morgan fingerprint density at radius 3 is 1.41 bits per heavy atom. The van der Waals surface area contributed by atoms with Gasteiger partial charge in [-0.15, -0.1) is 0 Å². The molecule has 0 unspecified atom stereocenters. The molecule has 0 amide bonds. The molecule has 0 aliphatic heterocycles. The molecule has 0 spiro atoms. The van der Waals surface area contributed by atoms with Crippen molar-refractivity contribution >= 4 is 41.3 Å². The third-order valence-corrected chi connectivity index (χ3v) is 8.69. The molecule has 10 heteroatoms. The number of hydrogen-bond donors (Lipinski definition) is 1. The summed E-state index contributed by atoms with van der Waals surface area (Å²) in [5, 5.41) is 13.0. The van der Waals surface area contributed by atoms with Crippen LogP contribution in [0, 0.1) is 27.7 Å². The molecule has 0 saturated carbocycles. The van der Waals surface area contributed by atoms with Crippen molar-refractivity contribution in [3.05, 3.63) is 70.8 Å². The maximum Gasteiger partial charge on any atom is 0.530 e. The van der Waals surface area contributed by atoms with Crippen molar-refractivity contribution in [1.29, 1.82) is 0 Å². The van der Waals surface area contributed by atoms with Gasteiger partial charge >= 0.3 is 19.8 Å². The van der Waals surface area contributed by atoms with E-state index in [1.165, 1.54) is 0 Å². The van der Waals surface area contributed by atoms with Gasteiger partial charge in [-0.3, -0.25) is 18.6 Å². The van der Waals surface area contributed by atoms with Gasteiger partial charge in [0.15, 0.2) is 0 Å². The van der Waals surface area contributed by atoms with Gasteiger partial charge in [0.1, 0.15) is 23.0 Å². The zero-order valence-corrected chi connectivity index (χ0v) is 27.5. The summed E-state index contributed by atoms with van der Waals surface area (Å²) in [6.45, 7) is 14.6. The van der Waals surface area contributed by atoms with Crippen LogP contribution in [0.1, 0.15) is 62.8 Å². The number of benzene rings is 4. The molecule has 0 aliphatic rings. The van der Waals surface area contributed by atoms with E-state index in [4.69, 9.17) is 23.0 Å². The van der Waals surface area contributed by atoms with Crippen LogP contribution < -0.4 is 14.0 Å². The number of fused-ring (bicyclic) bond motifs is 2. The summed E-state index contributed by atoms with van der Waals surface area (Å²) in [6.07, 6.45) is 0.600. The largest absolute Gasteiger partial charge is 0.530 e. The summed E-state index contributed by atoms with van der Waals surface area (Å²) in [5.41, 5.74) is 2.99. The smallest absolute Gasteiger partial charge is 0.507 e. The van der Waals surface area contributed by atoms with Crippen molar-refractivity contribution in [2.45, 2.75) is 68.2 Å². The van der Waals surface area contributed by atoms with E-state index in [0.717, 1.165) is 22.1 Å². The molecule has 0 atom stereocenters. The van der Waals surface area contributed by atoms with Crippen molar-refractivity contribution in [3.8, 4) is 23.0 Å². The monoisotopic (exact) mass is 624 g/mol. The van der Waals surface area contributed by atoms with Gasteiger partial charge in [-0.1, -0.05) is 62.4 Å². The zero-order chi connectivity index (χ0) is 32.6. The minimum atomic E-state index is -3.75. The zero-order valence-electron chi connectivity index (χ0n) is 26.6. The molecule has 4 aromatic rings. The van der Waals surface area contributed by atoms with E-state index in [2.05, 4.69) is 0 Å². The Kier molecular flexibility index (Phi) is 11.9. The number of aromatic hydroxyl groups is 1. The van der Waals surface area contributed by atoms with E-state index in [1.807, 2.05) is 76.2 Å². The first-order valence-corrected chi connectivity index (χ1v) is 16.1. The lowest BCUT2D eigenvalue weighted by Crippen LogP contribution is -2.09. The lowest BCUT2D eigenvalue weighted by molar-refractivity contribution is -0.134. The van der Waals surface area contributed by atoms with Crippen molar-refractivity contribution in [1.82, 2.24) is 0 Å². The fourth-order valence-electron chi connectivity index (χ4n) is 4.53. The van der Waals surface area contributed by atoms with Gasteiger partial charge in [-0.25, -0.2) is 4.57 Å². The number of carbonyl (C=O) groups excluding carboxylic acids is 2. The Morgan fingerprint density at radius 1 is 0.614 bits per heavy atom. The number of hydrogen-bond acceptors (Lipinski definition) is 9. The maximum atomic E-state index is 12.8. The van der Waals surface area contributed by atoms with Gasteiger partial charge in [0.2, 0.25) is 0 Å². The van der Waals surface area contributed by atoms with Crippen LogP contribution in [-0.4, -0.2) is 30.3 Å². The van der Waals surface area contributed by atoms with Crippen molar-refractivity contribution in [2.24, 2.45) is 0 Å². The Balaban J connectivity index is 0.000000257.